The summed E-state index contributed by atoms with van der Waals surface area (Å²) in [6.45, 7) is 5.00. The summed E-state index contributed by atoms with van der Waals surface area (Å²) in [5, 5.41) is 0. The van der Waals surface area contributed by atoms with Gasteiger partial charge in [-0.15, -0.1) is 0 Å². The summed E-state index contributed by atoms with van der Waals surface area (Å²) < 4.78 is 7.03. The Morgan fingerprint density at radius 3 is 2.51 bits per heavy atom. The van der Waals surface area contributed by atoms with Gasteiger partial charge in [0.2, 0.25) is 0 Å². The molecule has 0 radical (unpaired) electrons. The molecule has 2 aliphatic heterocycles. The Labute approximate surface area is 322 Å². The lowest BCUT2D eigenvalue weighted by Gasteiger charge is -2.59. The largest absolute Gasteiger partial charge is 0.366 e. The number of hydrogen-bond donors (Lipinski definition) is 0. The standard InChI is InChI=1S/C51H67NO/c1-3-42-44(43-33-38(31-30-35(43)2)36-18-7-4-8-19-36)34-47(52-50(42)37-20-9-5-10-21-37)39-22-17-25-41(32-39)51(40-23-11-6-12-24-40)45-26-13-15-28-48(45)53-49-29-16-14-27-46(49)51/h5-6,9,11,13,15,18,25-28,30-31,33,35,37,39-40,42-45,47-49H,3-4,7-8,10,12,14,16-17,19-24,29,32,34H2,1-2H3/t35?,37?,39?,40?,42-,43?,44?,45?,47?,48?,49?,51?/m0/s1. The maximum Gasteiger partial charge on any atom is 0.0841 e. The van der Waals surface area contributed by atoms with E-state index in [2.05, 4.69) is 98.9 Å². The Hall–Kier alpha value is -2.71. The first kappa shape index (κ1) is 36.0. The molecular weight excluding hydrogens is 643 g/mol. The van der Waals surface area contributed by atoms with Crippen molar-refractivity contribution < 1.29 is 4.74 Å². The average Bonchev–Trinajstić information content (AvgIpc) is 3.23. The number of aliphatic imine (C=N–C) groups is 1. The zero-order chi connectivity index (χ0) is 35.8. The summed E-state index contributed by atoms with van der Waals surface area (Å²) in [4.78, 5) is 6.07. The van der Waals surface area contributed by atoms with Gasteiger partial charge < -0.3 is 4.74 Å². The van der Waals surface area contributed by atoms with Crippen molar-refractivity contribution in [2.24, 2.45) is 57.8 Å². The van der Waals surface area contributed by atoms with E-state index in [-0.39, 0.29) is 17.6 Å². The summed E-state index contributed by atoms with van der Waals surface area (Å²) >= 11 is 0. The van der Waals surface area contributed by atoms with Crippen LogP contribution in [0.2, 0.25) is 0 Å². The predicted octanol–water partition coefficient (Wildman–Crippen LogP) is 13.1. The molecule has 0 saturated carbocycles. The Morgan fingerprint density at radius 2 is 1.70 bits per heavy atom. The molecule has 282 valence electrons. The molecule has 0 amide bonds. The van der Waals surface area contributed by atoms with Crippen molar-refractivity contribution >= 4 is 5.71 Å². The Kier molecular flexibility index (Phi) is 10.7. The van der Waals surface area contributed by atoms with Crippen LogP contribution in [0, 0.1) is 52.8 Å². The molecule has 0 aromatic rings. The van der Waals surface area contributed by atoms with Gasteiger partial charge in [0.25, 0.3) is 0 Å². The van der Waals surface area contributed by atoms with Gasteiger partial charge in [0, 0.05) is 28.9 Å². The second-order valence-corrected chi connectivity index (χ2v) is 18.5. The summed E-state index contributed by atoms with van der Waals surface area (Å²) in [7, 11) is 0. The van der Waals surface area contributed by atoms with Crippen molar-refractivity contribution in [1.29, 1.82) is 0 Å². The number of allylic oxidation sites excluding steroid dienone is 15. The molecule has 53 heavy (non-hydrogen) atoms. The third-order valence-electron chi connectivity index (χ3n) is 15.8. The molecule has 0 bridgehead atoms. The summed E-state index contributed by atoms with van der Waals surface area (Å²) in [6, 6.07) is 0.424. The second kappa shape index (κ2) is 15.8. The maximum atomic E-state index is 7.03. The van der Waals surface area contributed by atoms with E-state index in [1.807, 2.05) is 0 Å². The fourth-order valence-corrected chi connectivity index (χ4v) is 13.3. The SMILES string of the molecule is CC[C@@H]1C(C2CC=CCC2)=NC(C2CCC=C(C3(C4CC=CCC4)C4=CCCCC4OC4C=CC=CC43)C2)CC1C1C=C(C2=CCCCC2)C=CC1C. The Bertz CT molecular complexity index is 1670. The topological polar surface area (TPSA) is 21.6 Å². The highest BCUT2D eigenvalue weighted by Gasteiger charge is 2.58. The van der Waals surface area contributed by atoms with E-state index in [0.29, 0.717) is 53.4 Å². The molecule has 9 rings (SSSR count). The molecule has 0 aromatic carbocycles. The summed E-state index contributed by atoms with van der Waals surface area (Å²) in [6.07, 6.45) is 58.2. The highest BCUT2D eigenvalue weighted by molar-refractivity contribution is 5.90. The maximum absolute atomic E-state index is 7.03. The van der Waals surface area contributed by atoms with Crippen LogP contribution < -0.4 is 0 Å². The zero-order valence-electron chi connectivity index (χ0n) is 33.0. The van der Waals surface area contributed by atoms with Crippen LogP contribution in [0.1, 0.15) is 129 Å². The third kappa shape index (κ3) is 6.70. The molecule has 12 atom stereocenters. The molecule has 2 heteroatoms. The van der Waals surface area contributed by atoms with Crippen molar-refractivity contribution in [2.45, 2.75) is 148 Å². The minimum absolute atomic E-state index is 0.0630. The van der Waals surface area contributed by atoms with Crippen molar-refractivity contribution in [3.05, 3.63) is 107 Å². The lowest BCUT2D eigenvalue weighted by atomic mass is 9.49. The summed E-state index contributed by atoms with van der Waals surface area (Å²) in [5.74, 6) is 4.71. The zero-order valence-corrected chi connectivity index (χ0v) is 33.0. The third-order valence-corrected chi connectivity index (χ3v) is 15.8. The van der Waals surface area contributed by atoms with Crippen LogP contribution in [0.4, 0.5) is 0 Å². The van der Waals surface area contributed by atoms with Crippen LogP contribution in [0.5, 0.6) is 0 Å². The monoisotopic (exact) mass is 710 g/mol. The lowest BCUT2D eigenvalue weighted by Crippen LogP contribution is -2.55. The van der Waals surface area contributed by atoms with Crippen molar-refractivity contribution in [3.8, 4) is 0 Å². The van der Waals surface area contributed by atoms with Crippen LogP contribution >= 0.6 is 0 Å². The molecule has 0 aromatic heterocycles. The highest BCUT2D eigenvalue weighted by Crippen LogP contribution is 2.63. The average molecular weight is 710 g/mol. The van der Waals surface area contributed by atoms with Gasteiger partial charge in [-0.25, -0.2) is 0 Å². The fraction of sp³-hybridized carbons (Fsp3) is 0.627. The van der Waals surface area contributed by atoms with Gasteiger partial charge in [0.05, 0.1) is 18.2 Å². The quantitative estimate of drug-likeness (QED) is 0.241. The van der Waals surface area contributed by atoms with Gasteiger partial charge in [-0.05, 0) is 162 Å². The molecular formula is C51H67NO. The second-order valence-electron chi connectivity index (χ2n) is 18.5. The van der Waals surface area contributed by atoms with Crippen molar-refractivity contribution in [3.63, 3.8) is 0 Å². The smallest absolute Gasteiger partial charge is 0.0841 e. The summed E-state index contributed by atoms with van der Waals surface area (Å²) in [5.41, 5.74) is 8.30. The van der Waals surface area contributed by atoms with Crippen LogP contribution in [0.15, 0.2) is 112 Å². The fourth-order valence-electron chi connectivity index (χ4n) is 13.3. The van der Waals surface area contributed by atoms with E-state index in [9.17, 15) is 0 Å². The first-order chi connectivity index (χ1) is 26.1. The van der Waals surface area contributed by atoms with E-state index in [0.717, 1.165) is 0 Å². The molecule has 0 spiro atoms. The van der Waals surface area contributed by atoms with Crippen molar-refractivity contribution in [2.75, 3.05) is 0 Å². The van der Waals surface area contributed by atoms with Gasteiger partial charge in [0.15, 0.2) is 0 Å². The van der Waals surface area contributed by atoms with Gasteiger partial charge >= 0.3 is 0 Å². The van der Waals surface area contributed by atoms with Gasteiger partial charge in [0.1, 0.15) is 0 Å². The van der Waals surface area contributed by atoms with E-state index >= 15 is 0 Å². The van der Waals surface area contributed by atoms with Gasteiger partial charge in [-0.1, -0.05) is 104 Å². The molecule has 7 aliphatic carbocycles. The van der Waals surface area contributed by atoms with Crippen molar-refractivity contribution in [1.82, 2.24) is 0 Å². The number of hydrogen-bond acceptors (Lipinski definition) is 2. The van der Waals surface area contributed by atoms with E-state index in [4.69, 9.17) is 9.73 Å². The minimum atomic E-state index is 0.0630. The number of ether oxygens (including phenoxy) is 1. The van der Waals surface area contributed by atoms with Gasteiger partial charge in [-0.2, -0.15) is 0 Å². The normalized spacial score (nSPS) is 42.5. The molecule has 2 heterocycles. The molecule has 1 fully saturated rings. The number of fused-ring (bicyclic) bond motifs is 2. The van der Waals surface area contributed by atoms with E-state index in [1.165, 1.54) is 116 Å². The van der Waals surface area contributed by atoms with Crippen LogP contribution in [-0.2, 0) is 4.74 Å². The molecule has 11 unspecified atom stereocenters. The minimum Gasteiger partial charge on any atom is -0.366 e. The molecule has 2 nitrogen and oxygen atoms in total. The highest BCUT2D eigenvalue weighted by atomic mass is 16.5. The number of nitrogens with zero attached hydrogens (tertiary/aromatic N) is 1. The Morgan fingerprint density at radius 1 is 0.830 bits per heavy atom. The number of rotatable bonds is 7. The first-order valence-electron chi connectivity index (χ1n) is 22.5. The molecule has 1 saturated heterocycles. The van der Waals surface area contributed by atoms with E-state index in [1.54, 1.807) is 28.0 Å². The molecule has 0 N–H and O–H groups in total. The predicted molar refractivity (Wildman–Crippen MR) is 223 cm³/mol. The first-order valence-corrected chi connectivity index (χ1v) is 22.5. The van der Waals surface area contributed by atoms with Crippen LogP contribution in [0.3, 0.4) is 0 Å². The van der Waals surface area contributed by atoms with Gasteiger partial charge in [-0.3, -0.25) is 4.99 Å². The van der Waals surface area contributed by atoms with E-state index < -0.39 is 0 Å². The van der Waals surface area contributed by atoms with Crippen LogP contribution in [-0.4, -0.2) is 24.0 Å². The lowest BCUT2D eigenvalue weighted by molar-refractivity contribution is -0.0828. The molecule has 9 aliphatic rings. The Balaban J connectivity index is 1.09. The van der Waals surface area contributed by atoms with Crippen LogP contribution in [0.25, 0.3) is 0 Å².